The molecule has 0 spiro atoms. The second kappa shape index (κ2) is 2.78. The molecule has 0 fully saturated rings. The molecule has 0 aromatic carbocycles. The molecule has 0 nitrogen and oxygen atoms in total. The third-order valence-corrected chi connectivity index (χ3v) is 5.48. The molecule has 1 rings (SSSR count). The first-order valence-electron chi connectivity index (χ1n) is 2.97. The third-order valence-electron chi connectivity index (χ3n) is 1.41. The van der Waals surface area contributed by atoms with E-state index in [9.17, 15) is 0 Å². The Labute approximate surface area is 60.5 Å². The van der Waals surface area contributed by atoms with E-state index < -0.39 is 21.8 Å². The minimum Gasteiger partial charge on any atom is -1.00 e. The fraction of sp³-hybridized carbons (Fsp3) is 0.429. The van der Waals surface area contributed by atoms with E-state index in [1.165, 1.54) is 6.42 Å². The molecule has 0 aliphatic heterocycles. The predicted molar refractivity (Wildman–Crippen MR) is 34.7 cm³/mol. The molecule has 0 aromatic rings. The largest absolute Gasteiger partial charge is 1.00 e. The van der Waals surface area contributed by atoms with Crippen LogP contribution in [0.4, 0.5) is 0 Å². The molecule has 44 valence electrons. The number of rotatable bonds is 1. The molecule has 0 saturated carbocycles. The maximum atomic E-state index is 2.43. The van der Waals surface area contributed by atoms with Gasteiger partial charge in [0.15, 0.2) is 0 Å². The smallest absolute Gasteiger partial charge is 1.00 e. The fourth-order valence-electron chi connectivity index (χ4n) is 0.818. The van der Waals surface area contributed by atoms with E-state index >= 15 is 0 Å². The van der Waals surface area contributed by atoms with Crippen LogP contribution in [0.25, 0.3) is 0 Å². The normalized spacial score (nSPS) is 16.5. The van der Waals surface area contributed by atoms with Gasteiger partial charge in [0, 0.05) is 0 Å². The minimum atomic E-state index is -0.909. The fourth-order valence-corrected chi connectivity index (χ4v) is 3.17. The van der Waals surface area contributed by atoms with Crippen molar-refractivity contribution in [1.29, 1.82) is 0 Å². The van der Waals surface area contributed by atoms with Crippen molar-refractivity contribution in [3.05, 3.63) is 21.5 Å². The molecule has 1 aliphatic carbocycles. The van der Waals surface area contributed by atoms with E-state index in [2.05, 4.69) is 27.5 Å². The van der Waals surface area contributed by atoms with Gasteiger partial charge in [0.05, 0.1) is 0 Å². The van der Waals surface area contributed by atoms with Gasteiger partial charge >= 0.3 is 58.9 Å². The van der Waals surface area contributed by atoms with Crippen LogP contribution in [0.5, 0.6) is 0 Å². The summed E-state index contributed by atoms with van der Waals surface area (Å²) in [6.45, 7) is 0. The number of allylic oxidation sites excluding steroid dienone is 4. The Hall–Kier alpha value is 0.363. The Morgan fingerprint density at radius 3 is 2.62 bits per heavy atom. The minimum absolute atomic E-state index is 0. The summed E-state index contributed by atoms with van der Waals surface area (Å²) in [5, 5.41) is 0. The zero-order valence-corrected chi connectivity index (χ0v) is 7.90. The van der Waals surface area contributed by atoms with Gasteiger partial charge in [0.25, 0.3) is 0 Å². The van der Waals surface area contributed by atoms with Crippen molar-refractivity contribution in [3.8, 4) is 0 Å². The summed E-state index contributed by atoms with van der Waals surface area (Å²) in [5.41, 5.74) is 0. The van der Waals surface area contributed by atoms with E-state index in [0.717, 1.165) is 0 Å². The van der Waals surface area contributed by atoms with E-state index in [1.807, 2.05) is 0 Å². The van der Waals surface area contributed by atoms with Gasteiger partial charge in [-0.25, -0.2) is 0 Å². The standard InChI is InChI=1S/C5H5.2CH3.Zr.H/c1-2-4-5-3-1;;;;/h1-3H,4H2;2*1H3;;/q;;;+1;-1. The molecule has 8 heavy (non-hydrogen) atoms. The molecule has 0 heterocycles. The Morgan fingerprint density at radius 2 is 2.38 bits per heavy atom. The summed E-state index contributed by atoms with van der Waals surface area (Å²) >= 11 is -0.909. The molecule has 0 aromatic heterocycles. The van der Waals surface area contributed by atoms with Gasteiger partial charge in [-0.3, -0.25) is 0 Å². The van der Waals surface area contributed by atoms with Gasteiger partial charge in [-0.05, 0) is 0 Å². The maximum Gasteiger partial charge on any atom is -1.00 e. The Kier molecular flexibility index (Phi) is 2.25. The van der Waals surface area contributed by atoms with Gasteiger partial charge < -0.3 is 1.43 Å². The van der Waals surface area contributed by atoms with Crippen LogP contribution in [-0.4, -0.2) is 0 Å². The second-order valence-electron chi connectivity index (χ2n) is 2.32. The van der Waals surface area contributed by atoms with Crippen molar-refractivity contribution in [3.63, 3.8) is 0 Å². The molecule has 0 radical (unpaired) electrons. The first-order valence-corrected chi connectivity index (χ1v) is 9.11. The van der Waals surface area contributed by atoms with Gasteiger partial charge in [-0.1, -0.05) is 0 Å². The molecule has 0 unspecified atom stereocenters. The van der Waals surface area contributed by atoms with Crippen LogP contribution in [0.1, 0.15) is 7.85 Å². The van der Waals surface area contributed by atoms with Crippen molar-refractivity contribution in [1.82, 2.24) is 0 Å². The summed E-state index contributed by atoms with van der Waals surface area (Å²) in [7, 11) is 0. The van der Waals surface area contributed by atoms with Crippen LogP contribution in [0.15, 0.2) is 21.5 Å². The average Bonchev–Trinajstić information content (AvgIpc) is 2.12. The summed E-state index contributed by atoms with van der Waals surface area (Å²) in [4.78, 5) is 0. The quantitative estimate of drug-likeness (QED) is 0.592. The molecular formula is C7H12Zr. The predicted octanol–water partition coefficient (Wildman–Crippen LogP) is 2.66. The van der Waals surface area contributed by atoms with Crippen molar-refractivity contribution in [2.45, 2.75) is 15.7 Å². The van der Waals surface area contributed by atoms with E-state index in [1.54, 1.807) is 3.28 Å². The molecule has 0 N–H and O–H groups in total. The van der Waals surface area contributed by atoms with Crippen LogP contribution >= 0.6 is 0 Å². The molecule has 1 heteroatoms. The first-order chi connectivity index (χ1) is 3.80. The van der Waals surface area contributed by atoms with Crippen LogP contribution in [0, 0.1) is 0 Å². The van der Waals surface area contributed by atoms with Crippen molar-refractivity contribution < 1.29 is 23.2 Å². The van der Waals surface area contributed by atoms with Crippen molar-refractivity contribution in [2.75, 3.05) is 0 Å². The third kappa shape index (κ3) is 1.42. The molecule has 1 aliphatic rings. The van der Waals surface area contributed by atoms with E-state index in [-0.39, 0.29) is 1.43 Å². The van der Waals surface area contributed by atoms with Crippen LogP contribution in [-0.2, 0) is 21.8 Å². The van der Waals surface area contributed by atoms with Crippen LogP contribution in [0.2, 0.25) is 9.26 Å². The molecule has 0 bridgehead atoms. The topological polar surface area (TPSA) is 0 Å². The summed E-state index contributed by atoms with van der Waals surface area (Å²) < 4.78 is 6.62. The summed E-state index contributed by atoms with van der Waals surface area (Å²) in [6, 6.07) is 0. The van der Waals surface area contributed by atoms with Gasteiger partial charge in [0.2, 0.25) is 0 Å². The molecular weight excluding hydrogens is 175 g/mol. The maximum absolute atomic E-state index is 2.43. The average molecular weight is 187 g/mol. The van der Waals surface area contributed by atoms with E-state index in [4.69, 9.17) is 0 Å². The zero-order chi connectivity index (χ0) is 5.98. The van der Waals surface area contributed by atoms with E-state index in [0.29, 0.717) is 0 Å². The SMILES string of the molecule is [CH3][Zr+]([CH3])[C]1=CC=CC1.[H-]. The Balaban J connectivity index is 0.000000640. The molecule has 0 atom stereocenters. The monoisotopic (exact) mass is 186 g/mol. The van der Waals surface area contributed by atoms with Crippen molar-refractivity contribution in [2.24, 2.45) is 0 Å². The van der Waals surface area contributed by atoms with Crippen molar-refractivity contribution >= 4 is 0 Å². The Bertz CT molecular complexity index is 136. The second-order valence-corrected chi connectivity index (χ2v) is 8.82. The Morgan fingerprint density at radius 1 is 1.62 bits per heavy atom. The number of hydrogen-bond acceptors (Lipinski definition) is 0. The summed E-state index contributed by atoms with van der Waals surface area (Å²) in [5.74, 6) is 0. The molecule has 0 saturated heterocycles. The van der Waals surface area contributed by atoms with Gasteiger partial charge in [-0.15, -0.1) is 0 Å². The first kappa shape index (κ1) is 6.48. The zero-order valence-electron chi connectivity index (χ0n) is 6.44. The van der Waals surface area contributed by atoms with Crippen LogP contribution in [0.3, 0.4) is 0 Å². The van der Waals surface area contributed by atoms with Gasteiger partial charge in [0.1, 0.15) is 0 Å². The summed E-state index contributed by atoms with van der Waals surface area (Å²) in [6.07, 6.45) is 8.00. The van der Waals surface area contributed by atoms with Crippen LogP contribution < -0.4 is 0 Å². The number of hydrogen-bond donors (Lipinski definition) is 0. The molecule has 0 amide bonds. The van der Waals surface area contributed by atoms with Gasteiger partial charge in [-0.2, -0.15) is 0 Å².